The molecule has 0 radical (unpaired) electrons. The summed E-state index contributed by atoms with van der Waals surface area (Å²) in [5, 5.41) is 5.93. The van der Waals surface area contributed by atoms with Gasteiger partial charge >= 0.3 is 0 Å². The van der Waals surface area contributed by atoms with E-state index in [9.17, 15) is 13.2 Å². The summed E-state index contributed by atoms with van der Waals surface area (Å²) in [4.78, 5) is 19.4. The van der Waals surface area contributed by atoms with Gasteiger partial charge in [0.05, 0.1) is 11.9 Å². The third-order valence-electron chi connectivity index (χ3n) is 10.2. The molecule has 9 nitrogen and oxygen atoms in total. The SMILES string of the molecule is CS(=O)(=O)N1CCc2c(c(-c3ccc(Cl)c(CCCN4CCCCC4)c3)nn2CCCN2CCC(N3CCCC3=O)CC2)C1. The van der Waals surface area contributed by atoms with Crippen molar-refractivity contribution in [2.45, 2.75) is 89.8 Å². The van der Waals surface area contributed by atoms with Gasteiger partial charge in [0.25, 0.3) is 0 Å². The second kappa shape index (κ2) is 14.2. The number of hydrogen-bond acceptors (Lipinski definition) is 6. The van der Waals surface area contributed by atoms with E-state index >= 15 is 0 Å². The number of likely N-dealkylation sites (tertiary alicyclic amines) is 3. The van der Waals surface area contributed by atoms with Gasteiger partial charge in [-0.25, -0.2) is 8.42 Å². The number of nitrogens with zero attached hydrogens (tertiary/aromatic N) is 6. The van der Waals surface area contributed by atoms with Crippen molar-refractivity contribution in [3.8, 4) is 11.3 Å². The van der Waals surface area contributed by atoms with Gasteiger partial charge < -0.3 is 14.7 Å². The van der Waals surface area contributed by atoms with Crippen LogP contribution in [0, 0.1) is 0 Å². The average molecular weight is 645 g/mol. The molecule has 1 aromatic carbocycles. The predicted octanol–water partition coefficient (Wildman–Crippen LogP) is 4.42. The Morgan fingerprint density at radius 2 is 1.64 bits per heavy atom. The summed E-state index contributed by atoms with van der Waals surface area (Å²) >= 11 is 6.68. The molecule has 5 heterocycles. The zero-order valence-electron chi connectivity index (χ0n) is 26.4. The van der Waals surface area contributed by atoms with Crippen LogP contribution in [0.15, 0.2) is 18.2 Å². The Morgan fingerprint density at radius 3 is 2.36 bits per heavy atom. The third-order valence-corrected chi connectivity index (χ3v) is 11.8. The smallest absolute Gasteiger partial charge is 0.222 e. The predicted molar refractivity (Wildman–Crippen MR) is 175 cm³/mol. The number of aryl methyl sites for hydroxylation is 2. The summed E-state index contributed by atoms with van der Waals surface area (Å²) in [5.74, 6) is 0.336. The van der Waals surface area contributed by atoms with Gasteiger partial charge in [-0.05, 0) is 95.2 Å². The number of aromatic nitrogens is 2. The molecule has 1 amide bonds. The van der Waals surface area contributed by atoms with E-state index in [4.69, 9.17) is 16.7 Å². The van der Waals surface area contributed by atoms with Crippen molar-refractivity contribution in [3.05, 3.63) is 40.0 Å². The largest absolute Gasteiger partial charge is 0.340 e. The van der Waals surface area contributed by atoms with E-state index in [0.717, 1.165) is 111 Å². The van der Waals surface area contributed by atoms with Gasteiger partial charge in [-0.1, -0.05) is 24.1 Å². The minimum absolute atomic E-state index is 0.336. The van der Waals surface area contributed by atoms with Gasteiger partial charge in [-0.3, -0.25) is 9.48 Å². The lowest BCUT2D eigenvalue weighted by molar-refractivity contribution is -0.130. The number of piperidine rings is 2. The van der Waals surface area contributed by atoms with Crippen molar-refractivity contribution < 1.29 is 13.2 Å². The standard InChI is InChI=1S/C33H49ClN6O3S/c1-44(42,43)38-23-14-31-29(25-38)33(27-10-11-30(34)26(24-27)8-5-17-36-15-3-2-4-16-36)35-40(31)20-7-18-37-21-12-28(13-22-37)39-19-6-9-32(39)41/h10-11,24,28H,2-9,12-23,25H2,1H3. The first-order valence-electron chi connectivity index (χ1n) is 16.8. The van der Waals surface area contributed by atoms with Crippen LogP contribution in [0.2, 0.25) is 5.02 Å². The summed E-state index contributed by atoms with van der Waals surface area (Å²) in [6.07, 6.45) is 12.7. The fraction of sp³-hybridized carbons (Fsp3) is 0.697. The average Bonchev–Trinajstić information content (AvgIpc) is 3.62. The van der Waals surface area contributed by atoms with Crippen molar-refractivity contribution in [1.29, 1.82) is 0 Å². The van der Waals surface area contributed by atoms with E-state index in [-0.39, 0.29) is 0 Å². The van der Waals surface area contributed by atoms with Crippen LogP contribution < -0.4 is 0 Å². The molecule has 0 aliphatic carbocycles. The molecule has 3 fully saturated rings. The molecule has 242 valence electrons. The number of carbonyl (C=O) groups excluding carboxylic acids is 1. The first-order chi connectivity index (χ1) is 21.3. The van der Waals surface area contributed by atoms with Gasteiger partial charge in [-0.15, -0.1) is 0 Å². The summed E-state index contributed by atoms with van der Waals surface area (Å²) in [6, 6.07) is 6.61. The number of sulfonamides is 1. The van der Waals surface area contributed by atoms with Gasteiger partial charge in [0, 0.05) is 80.0 Å². The zero-order chi connectivity index (χ0) is 30.7. The molecule has 0 bridgehead atoms. The van der Waals surface area contributed by atoms with Gasteiger partial charge in [0.2, 0.25) is 15.9 Å². The molecule has 44 heavy (non-hydrogen) atoms. The minimum Gasteiger partial charge on any atom is -0.340 e. The molecule has 2 aromatic rings. The Labute approximate surface area is 268 Å². The normalized spacial score (nSPS) is 21.3. The minimum atomic E-state index is -3.30. The molecule has 4 aliphatic rings. The van der Waals surface area contributed by atoms with E-state index in [1.807, 2.05) is 12.1 Å². The van der Waals surface area contributed by atoms with Crippen molar-refractivity contribution in [2.24, 2.45) is 0 Å². The number of halogens is 1. The van der Waals surface area contributed by atoms with Crippen LogP contribution in [-0.2, 0) is 40.7 Å². The summed E-state index contributed by atoms with van der Waals surface area (Å²) in [7, 11) is -3.30. The highest BCUT2D eigenvalue weighted by Gasteiger charge is 2.32. The molecule has 1 aromatic heterocycles. The first kappa shape index (κ1) is 32.0. The maximum Gasteiger partial charge on any atom is 0.222 e. The highest BCUT2D eigenvalue weighted by atomic mass is 35.5. The highest BCUT2D eigenvalue weighted by molar-refractivity contribution is 7.88. The fourth-order valence-corrected chi connectivity index (χ4v) is 8.71. The van der Waals surface area contributed by atoms with E-state index in [1.165, 1.54) is 38.6 Å². The molecule has 6 rings (SSSR count). The monoisotopic (exact) mass is 644 g/mol. The molecular weight excluding hydrogens is 596 g/mol. The lowest BCUT2D eigenvalue weighted by atomic mass is 9.99. The topological polar surface area (TPSA) is 82.0 Å². The van der Waals surface area contributed by atoms with Crippen molar-refractivity contribution in [3.63, 3.8) is 0 Å². The molecule has 4 aliphatic heterocycles. The van der Waals surface area contributed by atoms with Gasteiger partial charge in [-0.2, -0.15) is 9.40 Å². The number of carbonyl (C=O) groups is 1. The Hall–Kier alpha value is -1.98. The zero-order valence-corrected chi connectivity index (χ0v) is 27.9. The van der Waals surface area contributed by atoms with E-state index in [2.05, 4.69) is 25.4 Å². The number of rotatable bonds is 11. The van der Waals surface area contributed by atoms with Crippen molar-refractivity contribution in [2.75, 3.05) is 58.6 Å². The molecule has 0 N–H and O–H groups in total. The van der Waals surface area contributed by atoms with Crippen molar-refractivity contribution >= 4 is 27.5 Å². The summed E-state index contributed by atoms with van der Waals surface area (Å²) in [5.41, 5.74) is 5.23. The molecule has 0 saturated carbocycles. The molecule has 0 spiro atoms. The first-order valence-corrected chi connectivity index (χ1v) is 19.1. The fourth-order valence-electron chi connectivity index (χ4n) is 7.71. The Balaban J connectivity index is 1.13. The van der Waals surface area contributed by atoms with E-state index in [0.29, 0.717) is 37.9 Å². The maximum absolute atomic E-state index is 12.5. The second-order valence-electron chi connectivity index (χ2n) is 13.3. The van der Waals surface area contributed by atoms with Gasteiger partial charge in [0.1, 0.15) is 0 Å². The van der Waals surface area contributed by atoms with Crippen LogP contribution in [0.5, 0.6) is 0 Å². The van der Waals surface area contributed by atoms with Crippen molar-refractivity contribution in [1.82, 2.24) is 28.8 Å². The number of benzene rings is 1. The van der Waals surface area contributed by atoms with Crippen LogP contribution in [-0.4, -0.2) is 108 Å². The van der Waals surface area contributed by atoms with E-state index < -0.39 is 10.0 Å². The lowest BCUT2D eigenvalue weighted by Crippen LogP contribution is -2.45. The molecular formula is C33H49ClN6O3S. The Bertz CT molecular complexity index is 1410. The number of amides is 1. The summed E-state index contributed by atoms with van der Waals surface area (Å²) < 4.78 is 28.8. The quantitative estimate of drug-likeness (QED) is 0.360. The molecule has 11 heteroatoms. The molecule has 0 atom stereocenters. The molecule has 0 unspecified atom stereocenters. The Morgan fingerprint density at radius 1 is 0.886 bits per heavy atom. The highest BCUT2D eigenvalue weighted by Crippen LogP contribution is 2.33. The number of fused-ring (bicyclic) bond motifs is 1. The van der Waals surface area contributed by atoms with Crippen LogP contribution in [0.25, 0.3) is 11.3 Å². The lowest BCUT2D eigenvalue weighted by Gasteiger charge is -2.36. The maximum atomic E-state index is 12.5. The molecule has 3 saturated heterocycles. The van der Waals surface area contributed by atoms with E-state index in [1.54, 1.807) is 4.31 Å². The van der Waals surface area contributed by atoms with Gasteiger partial charge in [0.15, 0.2) is 0 Å². The van der Waals surface area contributed by atoms with Crippen LogP contribution in [0.3, 0.4) is 0 Å². The number of hydrogen-bond donors (Lipinski definition) is 0. The van der Waals surface area contributed by atoms with Crippen LogP contribution >= 0.6 is 11.6 Å². The second-order valence-corrected chi connectivity index (χ2v) is 15.7. The van der Waals surface area contributed by atoms with Crippen LogP contribution in [0.4, 0.5) is 0 Å². The third kappa shape index (κ3) is 7.52. The Kier molecular flexibility index (Phi) is 10.3. The van der Waals surface area contributed by atoms with Crippen LogP contribution in [0.1, 0.15) is 74.6 Å². The summed E-state index contributed by atoms with van der Waals surface area (Å²) in [6.45, 7) is 9.16.